The van der Waals surface area contributed by atoms with Crippen molar-refractivity contribution in [2.45, 2.75) is 59.3 Å². The highest BCUT2D eigenvalue weighted by atomic mass is 79.9. The topological polar surface area (TPSA) is 60.7 Å². The van der Waals surface area contributed by atoms with Gasteiger partial charge < -0.3 is 15.3 Å². The van der Waals surface area contributed by atoms with Gasteiger partial charge in [-0.1, -0.05) is 75.7 Å². The highest BCUT2D eigenvalue weighted by Crippen LogP contribution is 2.28. The fraction of sp³-hybridized carbons (Fsp3) is 0.333. The third-order valence-electron chi connectivity index (χ3n) is 4.78. The van der Waals surface area contributed by atoms with Crippen LogP contribution in [0.15, 0.2) is 69.6 Å². The number of benzene rings is 3. The first-order valence-electron chi connectivity index (χ1n) is 10.7. The lowest BCUT2D eigenvalue weighted by atomic mass is 10.0. The Hall–Kier alpha value is -1.98. The first-order chi connectivity index (χ1) is 14.9. The Kier molecular flexibility index (Phi) is 11.9. The molecule has 5 heteroatoms. The van der Waals surface area contributed by atoms with Crippen molar-refractivity contribution < 1.29 is 15.3 Å². The Bertz CT molecular complexity index is 982. The summed E-state index contributed by atoms with van der Waals surface area (Å²) < 4.78 is 1.81. The predicted octanol–water partition coefficient (Wildman–Crippen LogP) is 9.07. The van der Waals surface area contributed by atoms with Crippen molar-refractivity contribution >= 4 is 31.9 Å². The van der Waals surface area contributed by atoms with Gasteiger partial charge in [-0.3, -0.25) is 0 Å². The van der Waals surface area contributed by atoms with E-state index in [2.05, 4.69) is 73.4 Å². The van der Waals surface area contributed by atoms with Gasteiger partial charge in [0.15, 0.2) is 0 Å². The smallest absolute Gasteiger partial charge is 0.130 e. The molecule has 0 aliphatic carbocycles. The van der Waals surface area contributed by atoms with Crippen LogP contribution in [0.25, 0.3) is 0 Å². The van der Waals surface area contributed by atoms with Crippen molar-refractivity contribution in [3.63, 3.8) is 0 Å². The molecular formula is C27H34Br2O3. The van der Waals surface area contributed by atoms with Crippen molar-refractivity contribution in [3.8, 4) is 17.2 Å². The molecule has 0 spiro atoms. The van der Waals surface area contributed by atoms with E-state index in [-0.39, 0.29) is 0 Å². The molecule has 174 valence electrons. The summed E-state index contributed by atoms with van der Waals surface area (Å²) >= 11 is 6.65. The maximum atomic E-state index is 9.30. The second-order valence-electron chi connectivity index (χ2n) is 8.48. The average molecular weight is 566 g/mol. The van der Waals surface area contributed by atoms with Crippen LogP contribution in [0.3, 0.4) is 0 Å². The summed E-state index contributed by atoms with van der Waals surface area (Å²) in [6, 6.07) is 18.4. The van der Waals surface area contributed by atoms with Gasteiger partial charge in [-0.15, -0.1) is 0 Å². The lowest BCUT2D eigenvalue weighted by Crippen LogP contribution is -1.87. The normalized spacial score (nSPS) is 10.5. The molecule has 3 aromatic carbocycles. The van der Waals surface area contributed by atoms with Gasteiger partial charge in [0.2, 0.25) is 0 Å². The Labute approximate surface area is 209 Å². The molecule has 3 N–H and O–H groups in total. The standard InChI is InChI=1S/2C9H11BrO.C9H12O/c1-6(2)8-5-7(11)3-4-9(8)10;1-6(2)7-3-4-8(10)9(11)5-7;1-7(2)8-4-3-5-9(10)6-8/h2*3-6,11H,1-2H3;3-7,10H,1-2H3. The number of halogens is 2. The van der Waals surface area contributed by atoms with Crippen molar-refractivity contribution in [2.75, 3.05) is 0 Å². The molecule has 0 fully saturated rings. The molecular weight excluding hydrogens is 532 g/mol. The molecule has 3 aromatic rings. The van der Waals surface area contributed by atoms with E-state index in [9.17, 15) is 5.11 Å². The van der Waals surface area contributed by atoms with Crippen LogP contribution in [-0.4, -0.2) is 15.3 Å². The maximum absolute atomic E-state index is 9.30. The number of hydrogen-bond acceptors (Lipinski definition) is 3. The van der Waals surface area contributed by atoms with E-state index in [0.717, 1.165) is 20.1 Å². The molecule has 0 aromatic heterocycles. The summed E-state index contributed by atoms with van der Waals surface area (Å²) in [7, 11) is 0. The van der Waals surface area contributed by atoms with E-state index < -0.39 is 0 Å². The summed E-state index contributed by atoms with van der Waals surface area (Å²) in [6.45, 7) is 12.6. The van der Waals surface area contributed by atoms with Gasteiger partial charge in [0, 0.05) is 4.47 Å². The molecule has 0 aliphatic heterocycles. The van der Waals surface area contributed by atoms with Crippen LogP contribution in [0.5, 0.6) is 17.2 Å². The van der Waals surface area contributed by atoms with Crippen LogP contribution in [0.4, 0.5) is 0 Å². The molecule has 0 atom stereocenters. The Morgan fingerprint density at radius 1 is 0.562 bits per heavy atom. The third-order valence-corrected chi connectivity index (χ3v) is 6.17. The molecule has 3 nitrogen and oxygen atoms in total. The number of hydrogen-bond donors (Lipinski definition) is 3. The SMILES string of the molecule is CC(C)c1cc(O)ccc1Br.CC(C)c1ccc(Br)c(O)c1.CC(C)c1cccc(O)c1. The first kappa shape index (κ1) is 28.1. The van der Waals surface area contributed by atoms with Gasteiger partial charge in [0.05, 0.1) is 4.47 Å². The zero-order chi connectivity index (χ0) is 24.4. The first-order valence-corrected chi connectivity index (χ1v) is 12.3. The number of aromatic hydroxyl groups is 3. The minimum Gasteiger partial charge on any atom is -0.508 e. The monoisotopic (exact) mass is 564 g/mol. The van der Waals surface area contributed by atoms with Gasteiger partial charge in [0.1, 0.15) is 17.2 Å². The van der Waals surface area contributed by atoms with Crippen LogP contribution < -0.4 is 0 Å². The zero-order valence-corrected chi connectivity index (χ0v) is 22.8. The molecule has 0 amide bonds. The fourth-order valence-corrected chi connectivity index (χ4v) is 3.70. The molecule has 0 saturated heterocycles. The molecule has 0 bridgehead atoms. The van der Waals surface area contributed by atoms with Crippen molar-refractivity contribution in [1.29, 1.82) is 0 Å². The molecule has 32 heavy (non-hydrogen) atoms. The van der Waals surface area contributed by atoms with Crippen molar-refractivity contribution in [1.82, 2.24) is 0 Å². The average Bonchev–Trinajstić information content (AvgIpc) is 2.72. The van der Waals surface area contributed by atoms with E-state index in [0.29, 0.717) is 35.0 Å². The summed E-state index contributed by atoms with van der Waals surface area (Å²) in [4.78, 5) is 0. The molecule has 0 aliphatic rings. The summed E-state index contributed by atoms with van der Waals surface area (Å²) in [5.41, 5.74) is 3.48. The number of phenolic OH excluding ortho intramolecular Hbond substituents is 3. The van der Waals surface area contributed by atoms with Gasteiger partial charge >= 0.3 is 0 Å². The van der Waals surface area contributed by atoms with Crippen LogP contribution in [0, 0.1) is 0 Å². The largest absolute Gasteiger partial charge is 0.508 e. The Balaban J connectivity index is 0.000000240. The zero-order valence-electron chi connectivity index (χ0n) is 19.6. The van der Waals surface area contributed by atoms with Crippen LogP contribution >= 0.6 is 31.9 Å². The summed E-state index contributed by atoms with van der Waals surface area (Å²) in [5.74, 6) is 2.40. The van der Waals surface area contributed by atoms with Crippen LogP contribution in [0.1, 0.15) is 76.0 Å². The number of rotatable bonds is 3. The predicted molar refractivity (Wildman–Crippen MR) is 142 cm³/mol. The molecule has 3 rings (SSSR count). The highest BCUT2D eigenvalue weighted by molar-refractivity contribution is 9.10. The van der Waals surface area contributed by atoms with E-state index in [4.69, 9.17) is 10.2 Å². The molecule has 0 unspecified atom stereocenters. The van der Waals surface area contributed by atoms with Crippen LogP contribution in [-0.2, 0) is 0 Å². The second kappa shape index (κ2) is 13.5. The van der Waals surface area contributed by atoms with Crippen molar-refractivity contribution in [3.05, 3.63) is 86.3 Å². The van der Waals surface area contributed by atoms with E-state index in [1.807, 2.05) is 30.3 Å². The highest BCUT2D eigenvalue weighted by Gasteiger charge is 2.04. The third kappa shape index (κ3) is 9.66. The summed E-state index contributed by atoms with van der Waals surface area (Å²) in [5, 5.41) is 27.5. The quantitative estimate of drug-likeness (QED) is 0.297. The van der Waals surface area contributed by atoms with E-state index in [1.54, 1.807) is 30.3 Å². The van der Waals surface area contributed by atoms with Gasteiger partial charge in [0.25, 0.3) is 0 Å². The van der Waals surface area contributed by atoms with Gasteiger partial charge in [-0.2, -0.15) is 0 Å². The number of phenols is 3. The van der Waals surface area contributed by atoms with E-state index >= 15 is 0 Å². The van der Waals surface area contributed by atoms with E-state index in [1.165, 1.54) is 5.56 Å². The lowest BCUT2D eigenvalue weighted by molar-refractivity contribution is 0.470. The van der Waals surface area contributed by atoms with Crippen molar-refractivity contribution in [2.24, 2.45) is 0 Å². The summed E-state index contributed by atoms with van der Waals surface area (Å²) in [6.07, 6.45) is 0. The lowest BCUT2D eigenvalue weighted by Gasteiger charge is -2.07. The minimum absolute atomic E-state index is 0.316. The second-order valence-corrected chi connectivity index (χ2v) is 10.2. The van der Waals surface area contributed by atoms with Gasteiger partial charge in [-0.05, 0) is 92.8 Å². The fourth-order valence-electron chi connectivity index (χ4n) is 2.75. The Morgan fingerprint density at radius 2 is 1.09 bits per heavy atom. The van der Waals surface area contributed by atoms with Crippen LogP contribution in [0.2, 0.25) is 0 Å². The van der Waals surface area contributed by atoms with Gasteiger partial charge in [-0.25, -0.2) is 0 Å². The molecule has 0 saturated carbocycles. The molecule has 0 radical (unpaired) electrons. The maximum Gasteiger partial charge on any atom is 0.130 e. The minimum atomic E-state index is 0.316. The Morgan fingerprint density at radius 3 is 1.53 bits per heavy atom. The molecule has 0 heterocycles.